The van der Waals surface area contributed by atoms with Gasteiger partial charge in [-0.15, -0.1) is 0 Å². The van der Waals surface area contributed by atoms with Crippen molar-refractivity contribution in [1.29, 1.82) is 0 Å². The van der Waals surface area contributed by atoms with Gasteiger partial charge in [0.25, 0.3) is 5.69 Å². The molecule has 0 aromatic heterocycles. The smallest absolute Gasteiger partial charge is 0.272 e. The molecule has 1 aliphatic rings. The number of hydrogen-bond donors (Lipinski definition) is 1. The van der Waals surface area contributed by atoms with Gasteiger partial charge in [0.05, 0.1) is 4.92 Å². The molecule has 1 aliphatic carbocycles. The zero-order chi connectivity index (χ0) is 13.2. The minimum Gasteiger partial charge on any atom is -0.384 e. The predicted octanol–water partition coefficient (Wildman–Crippen LogP) is 3.90. The highest BCUT2D eigenvalue weighted by Gasteiger charge is 2.41. The van der Waals surface area contributed by atoms with Crippen LogP contribution < -0.4 is 5.32 Å². The number of nitrogens with zero attached hydrogens (tertiary/aromatic N) is 1. The molecule has 18 heavy (non-hydrogen) atoms. The second-order valence-corrected chi connectivity index (χ2v) is 5.36. The molecule has 0 unspecified atom stereocenters. The minimum atomic E-state index is -0.335. The Labute approximate surface area is 108 Å². The Hall–Kier alpha value is -1.58. The van der Waals surface area contributed by atoms with Crippen molar-refractivity contribution in [2.75, 3.05) is 11.9 Å². The van der Waals surface area contributed by atoms with E-state index >= 15 is 0 Å². The monoisotopic (exact) mass is 248 g/mol. The van der Waals surface area contributed by atoms with Gasteiger partial charge in [0.15, 0.2) is 0 Å². The molecule has 4 nitrogen and oxygen atoms in total. The van der Waals surface area contributed by atoms with Crippen molar-refractivity contribution in [3.63, 3.8) is 0 Å². The van der Waals surface area contributed by atoms with Crippen molar-refractivity contribution in [2.45, 2.75) is 39.5 Å². The molecule has 0 atom stereocenters. The van der Waals surface area contributed by atoms with E-state index in [0.717, 1.165) is 12.2 Å². The quantitative estimate of drug-likeness (QED) is 0.613. The van der Waals surface area contributed by atoms with Crippen LogP contribution in [0.3, 0.4) is 0 Å². The van der Waals surface area contributed by atoms with Crippen LogP contribution in [0.15, 0.2) is 18.2 Å². The van der Waals surface area contributed by atoms with Crippen LogP contribution in [0.2, 0.25) is 0 Å². The number of nitrogens with one attached hydrogen (secondary N) is 1. The Kier molecular flexibility index (Phi) is 3.55. The van der Waals surface area contributed by atoms with Gasteiger partial charge in [-0.2, -0.15) is 0 Å². The van der Waals surface area contributed by atoms with E-state index in [9.17, 15) is 10.1 Å². The minimum absolute atomic E-state index is 0.190. The van der Waals surface area contributed by atoms with E-state index in [-0.39, 0.29) is 10.6 Å². The lowest BCUT2D eigenvalue weighted by atomic mass is 10.0. The summed E-state index contributed by atoms with van der Waals surface area (Å²) < 4.78 is 0. The lowest BCUT2D eigenvalue weighted by Gasteiger charge is -2.16. The fraction of sp³-hybridized carbons (Fsp3) is 0.571. The summed E-state index contributed by atoms with van der Waals surface area (Å²) in [5.74, 6) is 0. The average molecular weight is 248 g/mol. The van der Waals surface area contributed by atoms with Crippen LogP contribution >= 0.6 is 0 Å². The van der Waals surface area contributed by atoms with Crippen LogP contribution in [0.4, 0.5) is 11.4 Å². The zero-order valence-corrected chi connectivity index (χ0v) is 11.0. The van der Waals surface area contributed by atoms with E-state index in [1.54, 1.807) is 19.1 Å². The summed E-state index contributed by atoms with van der Waals surface area (Å²) in [5, 5.41) is 14.1. The molecule has 1 fully saturated rings. The van der Waals surface area contributed by atoms with Gasteiger partial charge in [-0.05, 0) is 43.7 Å². The molecule has 1 aromatic carbocycles. The lowest BCUT2D eigenvalue weighted by Crippen LogP contribution is -2.15. The predicted molar refractivity (Wildman–Crippen MR) is 72.9 cm³/mol. The maximum absolute atomic E-state index is 10.7. The van der Waals surface area contributed by atoms with Crippen LogP contribution in [0.25, 0.3) is 0 Å². The Morgan fingerprint density at radius 2 is 2.17 bits per heavy atom. The Bertz CT molecular complexity index is 453. The van der Waals surface area contributed by atoms with E-state index in [1.165, 1.54) is 25.7 Å². The highest BCUT2D eigenvalue weighted by molar-refractivity contribution is 5.53. The van der Waals surface area contributed by atoms with Crippen molar-refractivity contribution >= 4 is 11.4 Å². The first-order valence-corrected chi connectivity index (χ1v) is 6.55. The molecule has 1 aromatic rings. The van der Waals surface area contributed by atoms with E-state index in [4.69, 9.17) is 0 Å². The molecule has 0 spiro atoms. The zero-order valence-electron chi connectivity index (χ0n) is 11.0. The van der Waals surface area contributed by atoms with Gasteiger partial charge in [-0.1, -0.05) is 13.3 Å². The lowest BCUT2D eigenvalue weighted by molar-refractivity contribution is -0.385. The summed E-state index contributed by atoms with van der Waals surface area (Å²) >= 11 is 0. The average Bonchev–Trinajstić information content (AvgIpc) is 3.07. The number of nitro benzene ring substituents is 1. The number of rotatable bonds is 6. The molecule has 98 valence electrons. The highest BCUT2D eigenvalue weighted by Crippen LogP contribution is 2.49. The Morgan fingerprint density at radius 1 is 1.44 bits per heavy atom. The van der Waals surface area contributed by atoms with Crippen LogP contribution in [-0.2, 0) is 0 Å². The molecular weight excluding hydrogens is 228 g/mol. The first kappa shape index (κ1) is 12.9. The molecule has 0 aliphatic heterocycles. The normalized spacial score (nSPS) is 16.3. The van der Waals surface area contributed by atoms with Crippen LogP contribution in [0.5, 0.6) is 0 Å². The number of benzene rings is 1. The summed E-state index contributed by atoms with van der Waals surface area (Å²) in [6, 6.07) is 5.24. The maximum atomic E-state index is 10.7. The Morgan fingerprint density at radius 3 is 2.67 bits per heavy atom. The summed E-state index contributed by atoms with van der Waals surface area (Å²) in [7, 11) is 0. The number of hydrogen-bond acceptors (Lipinski definition) is 3. The van der Waals surface area contributed by atoms with E-state index in [1.807, 2.05) is 6.07 Å². The summed E-state index contributed by atoms with van der Waals surface area (Å²) in [6.45, 7) is 4.98. The standard InChI is InChI=1S/C14H20N2O2/c1-3-6-14(7-8-14)10-15-12-4-5-13(16(17)18)11(2)9-12/h4-5,9,15H,3,6-8,10H2,1-2H3. The summed E-state index contributed by atoms with van der Waals surface area (Å²) in [4.78, 5) is 10.4. The molecule has 4 heteroatoms. The highest BCUT2D eigenvalue weighted by atomic mass is 16.6. The van der Waals surface area contributed by atoms with Crippen molar-refractivity contribution in [1.82, 2.24) is 0 Å². The van der Waals surface area contributed by atoms with Gasteiger partial charge in [-0.25, -0.2) is 0 Å². The topological polar surface area (TPSA) is 55.2 Å². The second kappa shape index (κ2) is 4.96. The molecule has 0 amide bonds. The van der Waals surface area contributed by atoms with Crippen LogP contribution in [-0.4, -0.2) is 11.5 Å². The van der Waals surface area contributed by atoms with Crippen molar-refractivity contribution in [3.05, 3.63) is 33.9 Å². The molecule has 0 radical (unpaired) electrons. The van der Waals surface area contributed by atoms with Gasteiger partial charge >= 0.3 is 0 Å². The second-order valence-electron chi connectivity index (χ2n) is 5.36. The largest absolute Gasteiger partial charge is 0.384 e. The molecule has 0 saturated heterocycles. The molecule has 0 heterocycles. The van der Waals surface area contributed by atoms with Crippen LogP contribution in [0.1, 0.15) is 38.2 Å². The van der Waals surface area contributed by atoms with Crippen LogP contribution in [0, 0.1) is 22.5 Å². The van der Waals surface area contributed by atoms with Crippen molar-refractivity contribution in [2.24, 2.45) is 5.41 Å². The first-order chi connectivity index (χ1) is 8.56. The van der Waals surface area contributed by atoms with Gasteiger partial charge < -0.3 is 5.32 Å². The fourth-order valence-corrected chi connectivity index (χ4v) is 2.48. The number of nitro groups is 1. The third-order valence-corrected chi connectivity index (χ3v) is 3.80. The van der Waals surface area contributed by atoms with E-state index in [0.29, 0.717) is 11.0 Å². The van der Waals surface area contributed by atoms with Gasteiger partial charge in [0.1, 0.15) is 0 Å². The molecule has 1 saturated carbocycles. The maximum Gasteiger partial charge on any atom is 0.272 e. The Balaban J connectivity index is 1.98. The summed E-state index contributed by atoms with van der Waals surface area (Å²) in [6.07, 6.45) is 5.10. The number of aryl methyl sites for hydroxylation is 1. The molecule has 0 bridgehead atoms. The van der Waals surface area contributed by atoms with Crippen molar-refractivity contribution in [3.8, 4) is 0 Å². The molecule has 2 rings (SSSR count). The number of anilines is 1. The van der Waals surface area contributed by atoms with E-state index < -0.39 is 0 Å². The SMILES string of the molecule is CCCC1(CNc2ccc([N+](=O)[O-])c(C)c2)CC1. The third kappa shape index (κ3) is 2.81. The van der Waals surface area contributed by atoms with Gasteiger partial charge in [0.2, 0.25) is 0 Å². The fourth-order valence-electron chi connectivity index (χ4n) is 2.48. The molecule has 1 N–H and O–H groups in total. The third-order valence-electron chi connectivity index (χ3n) is 3.80. The first-order valence-electron chi connectivity index (χ1n) is 6.55. The summed E-state index contributed by atoms with van der Waals surface area (Å²) in [5.41, 5.74) is 2.38. The van der Waals surface area contributed by atoms with Gasteiger partial charge in [0, 0.05) is 23.9 Å². The van der Waals surface area contributed by atoms with Crippen molar-refractivity contribution < 1.29 is 4.92 Å². The van der Waals surface area contributed by atoms with Gasteiger partial charge in [-0.3, -0.25) is 10.1 Å². The molecular formula is C14H20N2O2. The van der Waals surface area contributed by atoms with E-state index in [2.05, 4.69) is 12.2 Å².